The van der Waals surface area contributed by atoms with E-state index in [2.05, 4.69) is 14.9 Å². The zero-order valence-corrected chi connectivity index (χ0v) is 17.2. The third kappa shape index (κ3) is 4.75. The van der Waals surface area contributed by atoms with E-state index in [1.165, 1.54) is 30.3 Å². The minimum atomic E-state index is -5.03. The maximum absolute atomic E-state index is 13.5. The number of rotatable bonds is 5. The van der Waals surface area contributed by atoms with Gasteiger partial charge in [-0.25, -0.2) is 12.8 Å². The molecule has 0 bridgehead atoms. The molecule has 1 aliphatic heterocycles. The summed E-state index contributed by atoms with van der Waals surface area (Å²) in [6.45, 7) is 0.0531. The number of para-hydroxylation sites is 1. The number of alkyl halides is 3. The van der Waals surface area contributed by atoms with Gasteiger partial charge in [0.1, 0.15) is 16.5 Å². The van der Waals surface area contributed by atoms with Crippen LogP contribution in [0.5, 0.6) is 5.75 Å². The molecule has 2 heterocycles. The zero-order valence-electron chi connectivity index (χ0n) is 16.4. The molecule has 12 heteroatoms. The summed E-state index contributed by atoms with van der Waals surface area (Å²) in [6, 6.07) is 10.2. The Morgan fingerprint density at radius 1 is 1.12 bits per heavy atom. The summed E-state index contributed by atoms with van der Waals surface area (Å²) in [4.78, 5) is 3.68. The predicted molar refractivity (Wildman–Crippen MR) is 104 cm³/mol. The normalized spacial score (nSPS) is 17.9. The van der Waals surface area contributed by atoms with Gasteiger partial charge < -0.3 is 9.26 Å². The summed E-state index contributed by atoms with van der Waals surface area (Å²) in [5.74, 6) is -1.41. The maximum Gasteiger partial charge on any atom is 0.573 e. The number of nitrogens with zero attached hydrogens (tertiary/aromatic N) is 3. The number of benzene rings is 2. The second kappa shape index (κ2) is 8.51. The largest absolute Gasteiger partial charge is 0.573 e. The molecule has 1 aromatic heterocycles. The molecular weight excluding hydrogens is 454 g/mol. The molecule has 0 amide bonds. The lowest BCUT2D eigenvalue weighted by molar-refractivity contribution is -0.275. The van der Waals surface area contributed by atoms with Crippen LogP contribution < -0.4 is 4.74 Å². The Morgan fingerprint density at radius 2 is 1.91 bits per heavy atom. The topological polar surface area (TPSA) is 85.5 Å². The molecule has 170 valence electrons. The van der Waals surface area contributed by atoms with Gasteiger partial charge in [0.25, 0.3) is 0 Å². The minimum Gasteiger partial charge on any atom is -0.404 e. The van der Waals surface area contributed by atoms with E-state index in [0.29, 0.717) is 18.4 Å². The number of aromatic nitrogens is 2. The highest BCUT2D eigenvalue weighted by Crippen LogP contribution is 2.35. The number of sulfonamides is 1. The SMILES string of the molecule is O=S(=O)(c1ccccc1OC(F)(F)F)N1CCC[C@H](c2nc(-c3cccc(F)c3)no2)C1. The van der Waals surface area contributed by atoms with Crippen LogP contribution in [-0.4, -0.2) is 42.3 Å². The van der Waals surface area contributed by atoms with E-state index in [1.54, 1.807) is 6.07 Å². The number of ether oxygens (including phenoxy) is 1. The second-order valence-electron chi connectivity index (χ2n) is 7.16. The maximum atomic E-state index is 13.5. The lowest BCUT2D eigenvalue weighted by Gasteiger charge is -2.30. The highest BCUT2D eigenvalue weighted by atomic mass is 32.2. The molecule has 0 radical (unpaired) electrons. The van der Waals surface area contributed by atoms with Crippen molar-refractivity contribution < 1.29 is 35.2 Å². The van der Waals surface area contributed by atoms with Crippen molar-refractivity contribution >= 4 is 10.0 Å². The van der Waals surface area contributed by atoms with Crippen molar-refractivity contribution in [1.29, 1.82) is 0 Å². The van der Waals surface area contributed by atoms with Crippen molar-refractivity contribution in [3.8, 4) is 17.1 Å². The average molecular weight is 471 g/mol. The predicted octanol–water partition coefficient (Wildman–Crippen LogP) is 4.34. The first-order valence-corrected chi connectivity index (χ1v) is 11.0. The number of hydrogen-bond donors (Lipinski definition) is 0. The first-order chi connectivity index (χ1) is 15.1. The van der Waals surface area contributed by atoms with Crippen LogP contribution in [0.25, 0.3) is 11.4 Å². The Labute approximate surface area is 180 Å². The van der Waals surface area contributed by atoms with E-state index in [9.17, 15) is 26.0 Å². The van der Waals surface area contributed by atoms with E-state index >= 15 is 0 Å². The molecule has 3 aromatic rings. The molecule has 0 unspecified atom stereocenters. The standard InChI is InChI=1S/C20H17F4N3O4S/c21-15-7-3-5-13(11-15)18-25-19(31-26-18)14-6-4-10-27(12-14)32(28,29)17-9-2-1-8-16(17)30-20(22,23)24/h1-3,5,7-9,11,14H,4,6,10,12H2/t14-/m0/s1. The van der Waals surface area contributed by atoms with Crippen molar-refractivity contribution in [2.75, 3.05) is 13.1 Å². The molecule has 4 rings (SSSR count). The Hall–Kier alpha value is -2.99. The average Bonchev–Trinajstić information content (AvgIpc) is 3.23. The van der Waals surface area contributed by atoms with Gasteiger partial charge in [-0.2, -0.15) is 9.29 Å². The Morgan fingerprint density at radius 3 is 2.66 bits per heavy atom. The summed E-state index contributed by atoms with van der Waals surface area (Å²) in [6.07, 6.45) is -4.06. The lowest BCUT2D eigenvalue weighted by atomic mass is 10.00. The van der Waals surface area contributed by atoms with Crippen molar-refractivity contribution in [2.45, 2.75) is 30.0 Å². The van der Waals surface area contributed by atoms with Crippen molar-refractivity contribution in [3.05, 3.63) is 60.2 Å². The minimum absolute atomic E-state index is 0.0620. The van der Waals surface area contributed by atoms with Crippen LogP contribution in [0.3, 0.4) is 0 Å². The third-order valence-electron chi connectivity index (χ3n) is 4.95. The molecule has 1 aliphatic rings. The van der Waals surface area contributed by atoms with Gasteiger partial charge in [-0.1, -0.05) is 29.4 Å². The van der Waals surface area contributed by atoms with Gasteiger partial charge in [-0.05, 0) is 37.1 Å². The molecule has 0 N–H and O–H groups in total. The summed E-state index contributed by atoms with van der Waals surface area (Å²) in [5.41, 5.74) is 0.401. The fraction of sp³-hybridized carbons (Fsp3) is 0.300. The van der Waals surface area contributed by atoms with Gasteiger partial charge in [0.15, 0.2) is 0 Å². The van der Waals surface area contributed by atoms with Crippen LogP contribution in [0.2, 0.25) is 0 Å². The molecule has 0 saturated carbocycles. The van der Waals surface area contributed by atoms with E-state index in [-0.39, 0.29) is 24.8 Å². The second-order valence-corrected chi connectivity index (χ2v) is 9.07. The lowest BCUT2D eigenvalue weighted by Crippen LogP contribution is -2.39. The van der Waals surface area contributed by atoms with E-state index in [4.69, 9.17) is 4.52 Å². The van der Waals surface area contributed by atoms with Gasteiger partial charge in [0, 0.05) is 18.7 Å². The van der Waals surface area contributed by atoms with E-state index in [1.807, 2.05) is 0 Å². The zero-order chi connectivity index (χ0) is 22.9. The first-order valence-electron chi connectivity index (χ1n) is 9.58. The molecule has 0 spiro atoms. The van der Waals surface area contributed by atoms with Crippen LogP contribution in [0, 0.1) is 5.82 Å². The van der Waals surface area contributed by atoms with Crippen LogP contribution in [0.4, 0.5) is 17.6 Å². The Kier molecular flexibility index (Phi) is 5.91. The van der Waals surface area contributed by atoms with Crippen molar-refractivity contribution in [3.63, 3.8) is 0 Å². The molecule has 32 heavy (non-hydrogen) atoms. The highest BCUT2D eigenvalue weighted by Gasteiger charge is 2.38. The Bertz CT molecular complexity index is 1210. The number of hydrogen-bond acceptors (Lipinski definition) is 6. The van der Waals surface area contributed by atoms with Gasteiger partial charge >= 0.3 is 6.36 Å². The van der Waals surface area contributed by atoms with Crippen molar-refractivity contribution in [1.82, 2.24) is 14.4 Å². The molecule has 1 atom stereocenters. The summed E-state index contributed by atoms with van der Waals surface area (Å²) >= 11 is 0. The number of halogens is 4. The molecule has 1 saturated heterocycles. The molecular formula is C20H17F4N3O4S. The fourth-order valence-corrected chi connectivity index (χ4v) is 5.16. The van der Waals surface area contributed by atoms with Gasteiger partial charge in [0.05, 0.1) is 5.92 Å². The fourth-order valence-electron chi connectivity index (χ4n) is 3.52. The smallest absolute Gasteiger partial charge is 0.404 e. The molecule has 1 fully saturated rings. The van der Waals surface area contributed by atoms with Gasteiger partial charge in [-0.15, -0.1) is 13.2 Å². The highest BCUT2D eigenvalue weighted by molar-refractivity contribution is 7.89. The molecule has 0 aliphatic carbocycles. The monoisotopic (exact) mass is 471 g/mol. The quantitative estimate of drug-likeness (QED) is 0.515. The van der Waals surface area contributed by atoms with Crippen LogP contribution in [-0.2, 0) is 10.0 Å². The summed E-state index contributed by atoms with van der Waals surface area (Å²) < 4.78 is 88.1. The van der Waals surface area contributed by atoms with Crippen molar-refractivity contribution in [2.24, 2.45) is 0 Å². The van der Waals surface area contributed by atoms with E-state index < -0.39 is 38.8 Å². The van der Waals surface area contributed by atoms with Crippen LogP contribution >= 0.6 is 0 Å². The summed E-state index contributed by atoms with van der Waals surface area (Å²) in [7, 11) is -4.29. The van der Waals surface area contributed by atoms with Crippen LogP contribution in [0.15, 0.2) is 57.9 Å². The van der Waals surface area contributed by atoms with Crippen LogP contribution in [0.1, 0.15) is 24.7 Å². The number of piperidine rings is 1. The van der Waals surface area contributed by atoms with E-state index in [0.717, 1.165) is 16.4 Å². The summed E-state index contributed by atoms with van der Waals surface area (Å²) in [5, 5.41) is 3.84. The third-order valence-corrected chi connectivity index (χ3v) is 6.86. The van der Waals surface area contributed by atoms with Gasteiger partial charge in [-0.3, -0.25) is 0 Å². The van der Waals surface area contributed by atoms with Gasteiger partial charge in [0.2, 0.25) is 21.7 Å². The Balaban J connectivity index is 1.57. The molecule has 7 nitrogen and oxygen atoms in total. The molecule has 2 aromatic carbocycles. The first kappa shape index (κ1) is 22.2.